The van der Waals surface area contributed by atoms with Crippen molar-refractivity contribution in [2.75, 3.05) is 11.9 Å². The molecule has 8 heteroatoms. The molecule has 3 rings (SSSR count). The number of carboxylic acid groups (broad SMARTS) is 1. The molecule has 0 aromatic heterocycles. The molecule has 1 amide bonds. The van der Waals surface area contributed by atoms with Gasteiger partial charge < -0.3 is 9.84 Å². The van der Waals surface area contributed by atoms with Gasteiger partial charge in [0.05, 0.1) is 16.3 Å². The highest BCUT2D eigenvalue weighted by molar-refractivity contribution is 6.34. The van der Waals surface area contributed by atoms with Crippen LogP contribution in [0.3, 0.4) is 0 Å². The smallest absolute Gasteiger partial charge is 0.411 e. The molecule has 31 heavy (non-hydrogen) atoms. The summed E-state index contributed by atoms with van der Waals surface area (Å²) in [6.45, 7) is -0.138. The van der Waals surface area contributed by atoms with E-state index in [1.807, 2.05) is 0 Å². The van der Waals surface area contributed by atoms with Gasteiger partial charge in [-0.3, -0.25) is 5.32 Å². The third-order valence-electron chi connectivity index (χ3n) is 4.27. The molecule has 0 spiro atoms. The van der Waals surface area contributed by atoms with E-state index in [2.05, 4.69) is 5.32 Å². The van der Waals surface area contributed by atoms with Gasteiger partial charge in [0.2, 0.25) is 0 Å². The Morgan fingerprint density at radius 3 is 1.90 bits per heavy atom. The molecule has 158 valence electrons. The first-order valence-electron chi connectivity index (χ1n) is 9.02. The number of nitrogens with one attached hydrogen (secondary N) is 1. The Hall–Kier alpha value is -3.71. The maximum atomic E-state index is 13.3. The van der Waals surface area contributed by atoms with Crippen LogP contribution < -0.4 is 5.32 Å². The summed E-state index contributed by atoms with van der Waals surface area (Å²) >= 11 is 5.98. The number of hydrogen-bond acceptors (Lipinski definition) is 3. The van der Waals surface area contributed by atoms with E-state index in [-0.39, 0.29) is 22.9 Å². The molecule has 0 unspecified atom stereocenters. The van der Waals surface area contributed by atoms with Gasteiger partial charge in [0.15, 0.2) is 0 Å². The van der Waals surface area contributed by atoms with E-state index in [0.717, 1.165) is 0 Å². The van der Waals surface area contributed by atoms with Crippen molar-refractivity contribution >= 4 is 34.9 Å². The third kappa shape index (κ3) is 5.90. The molecule has 3 aromatic carbocycles. The van der Waals surface area contributed by atoms with E-state index in [1.165, 1.54) is 42.5 Å². The molecule has 5 nitrogen and oxygen atoms in total. The lowest BCUT2D eigenvalue weighted by Crippen LogP contribution is -2.14. The highest BCUT2D eigenvalue weighted by atomic mass is 35.5. The lowest BCUT2D eigenvalue weighted by Gasteiger charge is -2.11. The lowest BCUT2D eigenvalue weighted by molar-refractivity contribution is 0.0697. The highest BCUT2D eigenvalue weighted by Gasteiger charge is 2.11. The molecule has 0 saturated heterocycles. The van der Waals surface area contributed by atoms with Gasteiger partial charge in [-0.1, -0.05) is 35.9 Å². The number of rotatable bonds is 6. The van der Waals surface area contributed by atoms with Crippen LogP contribution in [0.15, 0.2) is 72.8 Å². The molecule has 0 atom stereocenters. The number of carbonyl (C=O) groups excluding carboxylic acids is 1. The molecule has 2 N–H and O–H groups in total. The van der Waals surface area contributed by atoms with Crippen LogP contribution in [0.4, 0.5) is 19.3 Å². The number of ether oxygens (including phenoxy) is 1. The van der Waals surface area contributed by atoms with E-state index in [0.29, 0.717) is 16.7 Å². The molecule has 0 aliphatic rings. The fourth-order valence-electron chi connectivity index (χ4n) is 2.76. The SMILES string of the molecule is O=C(Nc1ccc(C(=O)O)cc1Cl)OCC=C(c1ccc(F)cc1)c1ccc(F)cc1. The number of hydrogen-bond donors (Lipinski definition) is 2. The van der Waals surface area contributed by atoms with Gasteiger partial charge in [-0.25, -0.2) is 18.4 Å². The predicted octanol–water partition coefficient (Wildman–Crippen LogP) is 6.00. The fourth-order valence-corrected chi connectivity index (χ4v) is 2.99. The molecule has 0 aliphatic heterocycles. The van der Waals surface area contributed by atoms with E-state index < -0.39 is 23.7 Å². The summed E-state index contributed by atoms with van der Waals surface area (Å²) in [5.41, 5.74) is 2.11. The zero-order chi connectivity index (χ0) is 22.4. The monoisotopic (exact) mass is 443 g/mol. The minimum atomic E-state index is -1.14. The highest BCUT2D eigenvalue weighted by Crippen LogP contribution is 2.25. The Morgan fingerprint density at radius 2 is 1.42 bits per heavy atom. The summed E-state index contributed by atoms with van der Waals surface area (Å²) in [7, 11) is 0. The second kappa shape index (κ2) is 9.86. The van der Waals surface area contributed by atoms with E-state index in [9.17, 15) is 18.4 Å². The molecular weight excluding hydrogens is 428 g/mol. The zero-order valence-electron chi connectivity index (χ0n) is 15.9. The molecule has 0 radical (unpaired) electrons. The van der Waals surface area contributed by atoms with Crippen LogP contribution >= 0.6 is 11.6 Å². The van der Waals surface area contributed by atoms with Crippen LogP contribution in [0.2, 0.25) is 5.02 Å². The van der Waals surface area contributed by atoms with Gasteiger partial charge >= 0.3 is 12.1 Å². The van der Waals surface area contributed by atoms with Gasteiger partial charge in [0.25, 0.3) is 0 Å². The summed E-state index contributed by atoms with van der Waals surface area (Å²) < 4.78 is 31.7. The number of carboxylic acids is 1. The van der Waals surface area contributed by atoms with Crippen molar-refractivity contribution in [3.8, 4) is 0 Å². The van der Waals surface area contributed by atoms with Crippen LogP contribution in [0.1, 0.15) is 21.5 Å². The van der Waals surface area contributed by atoms with Gasteiger partial charge in [0.1, 0.15) is 18.2 Å². The van der Waals surface area contributed by atoms with Crippen molar-refractivity contribution in [3.63, 3.8) is 0 Å². The van der Waals surface area contributed by atoms with Crippen molar-refractivity contribution in [2.24, 2.45) is 0 Å². The third-order valence-corrected chi connectivity index (χ3v) is 4.58. The normalized spacial score (nSPS) is 10.3. The van der Waals surface area contributed by atoms with Crippen molar-refractivity contribution in [1.29, 1.82) is 0 Å². The minimum absolute atomic E-state index is 0.0184. The lowest BCUT2D eigenvalue weighted by atomic mass is 9.97. The van der Waals surface area contributed by atoms with Gasteiger partial charge in [-0.2, -0.15) is 0 Å². The number of benzene rings is 3. The van der Waals surface area contributed by atoms with Crippen LogP contribution in [-0.4, -0.2) is 23.8 Å². The molecule has 0 heterocycles. The Kier molecular flexibility index (Phi) is 6.99. The average molecular weight is 444 g/mol. The second-order valence-corrected chi connectivity index (χ2v) is 6.76. The number of halogens is 3. The standard InChI is InChI=1S/C23H16ClF2NO4/c24-20-13-16(22(28)29)5-10-21(20)27-23(30)31-12-11-19(14-1-6-17(25)7-2-14)15-3-8-18(26)9-4-15/h1-11,13H,12H2,(H,27,30)(H,28,29). The maximum Gasteiger partial charge on any atom is 0.411 e. The second-order valence-electron chi connectivity index (χ2n) is 6.35. The van der Waals surface area contributed by atoms with Gasteiger partial charge in [-0.05, 0) is 65.2 Å². The van der Waals surface area contributed by atoms with Gasteiger partial charge in [0, 0.05) is 0 Å². The minimum Gasteiger partial charge on any atom is -0.478 e. The predicted molar refractivity (Wildman–Crippen MR) is 113 cm³/mol. The fraction of sp³-hybridized carbons (Fsp3) is 0.0435. The average Bonchev–Trinajstić information content (AvgIpc) is 2.74. The first kappa shape index (κ1) is 22.0. The Labute approximate surface area is 181 Å². The number of amides is 1. The molecule has 0 fully saturated rings. The number of aromatic carboxylic acids is 1. The van der Waals surface area contributed by atoms with Gasteiger partial charge in [-0.15, -0.1) is 0 Å². The Morgan fingerprint density at radius 1 is 0.903 bits per heavy atom. The Balaban J connectivity index is 1.73. The summed E-state index contributed by atoms with van der Waals surface area (Å²) in [6, 6.07) is 15.3. The first-order chi connectivity index (χ1) is 14.8. The molecule has 0 bridgehead atoms. The van der Waals surface area contributed by atoms with Crippen molar-refractivity contribution < 1.29 is 28.2 Å². The quantitative estimate of drug-likeness (QED) is 0.490. The van der Waals surface area contributed by atoms with Crippen LogP contribution in [0.25, 0.3) is 5.57 Å². The topological polar surface area (TPSA) is 75.6 Å². The maximum absolute atomic E-state index is 13.3. The van der Waals surface area contributed by atoms with E-state index in [4.69, 9.17) is 21.4 Å². The summed E-state index contributed by atoms with van der Waals surface area (Å²) in [6.07, 6.45) is 0.800. The number of anilines is 1. The van der Waals surface area contributed by atoms with Crippen LogP contribution in [-0.2, 0) is 4.74 Å². The molecule has 0 saturated carbocycles. The Bertz CT molecular complexity index is 1080. The number of carbonyl (C=O) groups is 2. The summed E-state index contributed by atoms with van der Waals surface area (Å²) in [5, 5.41) is 11.4. The molecule has 3 aromatic rings. The van der Waals surface area contributed by atoms with Crippen molar-refractivity contribution in [2.45, 2.75) is 0 Å². The van der Waals surface area contributed by atoms with Crippen LogP contribution in [0, 0.1) is 11.6 Å². The zero-order valence-corrected chi connectivity index (χ0v) is 16.7. The molecular formula is C23H16ClF2NO4. The van der Waals surface area contributed by atoms with Crippen molar-refractivity contribution in [1.82, 2.24) is 0 Å². The summed E-state index contributed by atoms with van der Waals surface area (Å²) in [5.74, 6) is -1.94. The largest absolute Gasteiger partial charge is 0.478 e. The van der Waals surface area contributed by atoms with Crippen LogP contribution in [0.5, 0.6) is 0 Å². The summed E-state index contributed by atoms with van der Waals surface area (Å²) in [4.78, 5) is 23.0. The molecule has 0 aliphatic carbocycles. The van der Waals surface area contributed by atoms with E-state index in [1.54, 1.807) is 30.3 Å². The van der Waals surface area contributed by atoms with Crippen molar-refractivity contribution in [3.05, 3.63) is 106 Å². The van der Waals surface area contributed by atoms with E-state index >= 15 is 0 Å². The first-order valence-corrected chi connectivity index (χ1v) is 9.40.